The van der Waals surface area contributed by atoms with Gasteiger partial charge in [0.05, 0.1) is 24.9 Å². The Bertz CT molecular complexity index is 292. The lowest BCUT2D eigenvalue weighted by Crippen LogP contribution is -2.51. The van der Waals surface area contributed by atoms with Crippen molar-refractivity contribution >= 4 is 5.91 Å². The van der Waals surface area contributed by atoms with Crippen LogP contribution in [0.2, 0.25) is 0 Å². The number of carbonyl (C=O) groups is 1. The van der Waals surface area contributed by atoms with Crippen molar-refractivity contribution in [3.05, 3.63) is 0 Å². The standard InChI is InChI=1S/C15H30N2O2/c1-7-12-15(18)17(14(16-12)11(5)6)13(10(3)4)9-19-8-2/h10-14,16H,7-9H2,1-6H3. The van der Waals surface area contributed by atoms with Crippen LogP contribution in [0.3, 0.4) is 0 Å². The number of nitrogens with zero attached hydrogens (tertiary/aromatic N) is 1. The molecule has 1 aliphatic rings. The molecule has 3 atom stereocenters. The Hall–Kier alpha value is -0.610. The van der Waals surface area contributed by atoms with Crippen molar-refractivity contribution in [2.75, 3.05) is 13.2 Å². The molecule has 19 heavy (non-hydrogen) atoms. The first-order chi connectivity index (χ1) is 8.93. The van der Waals surface area contributed by atoms with E-state index in [1.165, 1.54) is 0 Å². The molecule has 0 saturated carbocycles. The van der Waals surface area contributed by atoms with Crippen LogP contribution in [0.25, 0.3) is 0 Å². The number of rotatable bonds is 7. The van der Waals surface area contributed by atoms with Gasteiger partial charge >= 0.3 is 0 Å². The van der Waals surface area contributed by atoms with E-state index in [2.05, 4.69) is 39.9 Å². The summed E-state index contributed by atoms with van der Waals surface area (Å²) in [4.78, 5) is 14.6. The van der Waals surface area contributed by atoms with Gasteiger partial charge in [-0.1, -0.05) is 34.6 Å². The highest BCUT2D eigenvalue weighted by Crippen LogP contribution is 2.25. The first-order valence-corrected chi connectivity index (χ1v) is 7.59. The van der Waals surface area contributed by atoms with Crippen LogP contribution in [-0.4, -0.2) is 42.3 Å². The number of carbonyl (C=O) groups excluding carboxylic acids is 1. The second-order valence-electron chi connectivity index (χ2n) is 6.03. The summed E-state index contributed by atoms with van der Waals surface area (Å²) >= 11 is 0. The third kappa shape index (κ3) is 3.69. The molecule has 0 aromatic heterocycles. The van der Waals surface area contributed by atoms with E-state index in [0.717, 1.165) is 6.42 Å². The van der Waals surface area contributed by atoms with Crippen molar-refractivity contribution in [2.45, 2.75) is 66.2 Å². The second kappa shape index (κ2) is 7.25. The Kier molecular flexibility index (Phi) is 6.27. The van der Waals surface area contributed by atoms with E-state index in [-0.39, 0.29) is 24.2 Å². The molecule has 0 aromatic carbocycles. The molecule has 1 saturated heterocycles. The van der Waals surface area contributed by atoms with Crippen LogP contribution in [0.1, 0.15) is 48.0 Å². The second-order valence-corrected chi connectivity index (χ2v) is 6.03. The van der Waals surface area contributed by atoms with Crippen molar-refractivity contribution in [3.8, 4) is 0 Å². The van der Waals surface area contributed by atoms with Gasteiger partial charge in [-0.25, -0.2) is 0 Å². The molecule has 4 nitrogen and oxygen atoms in total. The first kappa shape index (κ1) is 16.4. The maximum Gasteiger partial charge on any atom is 0.241 e. The lowest BCUT2D eigenvalue weighted by Gasteiger charge is -2.36. The fourth-order valence-corrected chi connectivity index (χ4v) is 2.68. The Morgan fingerprint density at radius 1 is 1.26 bits per heavy atom. The highest BCUT2D eigenvalue weighted by atomic mass is 16.5. The molecule has 1 fully saturated rings. The van der Waals surface area contributed by atoms with Gasteiger partial charge in [0, 0.05) is 6.61 Å². The van der Waals surface area contributed by atoms with Crippen LogP contribution in [0, 0.1) is 11.8 Å². The predicted octanol–water partition coefficient (Wildman–Crippen LogP) is 2.24. The van der Waals surface area contributed by atoms with Gasteiger partial charge in [-0.15, -0.1) is 0 Å². The summed E-state index contributed by atoms with van der Waals surface area (Å²) in [5.74, 6) is 1.04. The molecular weight excluding hydrogens is 240 g/mol. The fourth-order valence-electron chi connectivity index (χ4n) is 2.68. The molecule has 0 bridgehead atoms. The molecule has 1 heterocycles. The Morgan fingerprint density at radius 3 is 2.32 bits per heavy atom. The van der Waals surface area contributed by atoms with Crippen LogP contribution >= 0.6 is 0 Å². The molecule has 3 unspecified atom stereocenters. The smallest absolute Gasteiger partial charge is 0.241 e. The average molecular weight is 270 g/mol. The lowest BCUT2D eigenvalue weighted by atomic mass is 10.0. The summed E-state index contributed by atoms with van der Waals surface area (Å²) in [5.41, 5.74) is 0. The minimum Gasteiger partial charge on any atom is -0.380 e. The van der Waals surface area contributed by atoms with Crippen molar-refractivity contribution in [1.82, 2.24) is 10.2 Å². The van der Waals surface area contributed by atoms with Crippen molar-refractivity contribution in [1.29, 1.82) is 0 Å². The first-order valence-electron chi connectivity index (χ1n) is 7.59. The number of hydrogen-bond acceptors (Lipinski definition) is 3. The van der Waals surface area contributed by atoms with Crippen molar-refractivity contribution in [3.63, 3.8) is 0 Å². The summed E-state index contributed by atoms with van der Waals surface area (Å²) in [5, 5.41) is 3.47. The fraction of sp³-hybridized carbons (Fsp3) is 0.933. The zero-order chi connectivity index (χ0) is 14.6. The molecule has 112 valence electrons. The predicted molar refractivity (Wildman–Crippen MR) is 77.8 cm³/mol. The summed E-state index contributed by atoms with van der Waals surface area (Å²) in [6, 6.07) is 0.124. The van der Waals surface area contributed by atoms with E-state index in [4.69, 9.17) is 4.74 Å². The molecule has 0 radical (unpaired) electrons. The van der Waals surface area contributed by atoms with Gasteiger partial charge in [-0.2, -0.15) is 0 Å². The van der Waals surface area contributed by atoms with Gasteiger partial charge in [-0.05, 0) is 25.2 Å². The van der Waals surface area contributed by atoms with Crippen LogP contribution in [0.5, 0.6) is 0 Å². The summed E-state index contributed by atoms with van der Waals surface area (Å²) in [7, 11) is 0. The van der Waals surface area contributed by atoms with E-state index in [0.29, 0.717) is 25.0 Å². The lowest BCUT2D eigenvalue weighted by molar-refractivity contribution is -0.135. The minimum atomic E-state index is -0.0322. The number of ether oxygens (including phenoxy) is 1. The molecule has 1 aliphatic heterocycles. The summed E-state index contributed by atoms with van der Waals surface area (Å²) in [6.45, 7) is 14.0. The molecule has 1 N–H and O–H groups in total. The van der Waals surface area contributed by atoms with E-state index in [1.54, 1.807) is 0 Å². The Labute approximate surface area is 117 Å². The van der Waals surface area contributed by atoms with Gasteiger partial charge < -0.3 is 9.64 Å². The quantitative estimate of drug-likeness (QED) is 0.771. The SMILES string of the molecule is CCOCC(C(C)C)N1C(=O)C(CC)NC1C(C)C. The third-order valence-corrected chi connectivity index (χ3v) is 3.88. The number of hydrogen-bond donors (Lipinski definition) is 1. The van der Waals surface area contributed by atoms with Crippen molar-refractivity contribution in [2.24, 2.45) is 11.8 Å². The zero-order valence-electron chi connectivity index (χ0n) is 13.3. The molecule has 1 rings (SSSR count). The Morgan fingerprint density at radius 2 is 1.89 bits per heavy atom. The van der Waals surface area contributed by atoms with E-state index < -0.39 is 0 Å². The van der Waals surface area contributed by atoms with Crippen LogP contribution in [0.4, 0.5) is 0 Å². The monoisotopic (exact) mass is 270 g/mol. The molecule has 1 amide bonds. The average Bonchev–Trinajstić information content (AvgIpc) is 2.67. The van der Waals surface area contributed by atoms with Crippen LogP contribution in [0.15, 0.2) is 0 Å². The van der Waals surface area contributed by atoms with Gasteiger partial charge in [-0.3, -0.25) is 10.1 Å². The molecule has 4 heteroatoms. The maximum absolute atomic E-state index is 12.6. The normalized spacial score (nSPS) is 25.7. The third-order valence-electron chi connectivity index (χ3n) is 3.88. The summed E-state index contributed by atoms with van der Waals surface area (Å²) in [6.07, 6.45) is 0.975. The summed E-state index contributed by atoms with van der Waals surface area (Å²) < 4.78 is 5.59. The van der Waals surface area contributed by atoms with E-state index in [9.17, 15) is 4.79 Å². The minimum absolute atomic E-state index is 0.0322. The highest BCUT2D eigenvalue weighted by Gasteiger charge is 2.43. The maximum atomic E-state index is 12.6. The van der Waals surface area contributed by atoms with Gasteiger partial charge in [0.1, 0.15) is 0 Å². The van der Waals surface area contributed by atoms with Gasteiger partial charge in [0.15, 0.2) is 0 Å². The largest absolute Gasteiger partial charge is 0.380 e. The molecule has 0 aromatic rings. The van der Waals surface area contributed by atoms with Gasteiger partial charge in [0.25, 0.3) is 0 Å². The van der Waals surface area contributed by atoms with E-state index >= 15 is 0 Å². The molecular formula is C15H30N2O2. The van der Waals surface area contributed by atoms with Crippen LogP contribution < -0.4 is 5.32 Å². The zero-order valence-corrected chi connectivity index (χ0v) is 13.3. The number of nitrogens with one attached hydrogen (secondary N) is 1. The van der Waals surface area contributed by atoms with E-state index in [1.807, 2.05) is 11.8 Å². The number of amides is 1. The highest BCUT2D eigenvalue weighted by molar-refractivity contribution is 5.84. The topological polar surface area (TPSA) is 41.6 Å². The van der Waals surface area contributed by atoms with Crippen molar-refractivity contribution < 1.29 is 9.53 Å². The molecule has 0 spiro atoms. The van der Waals surface area contributed by atoms with Gasteiger partial charge in [0.2, 0.25) is 5.91 Å². The Balaban J connectivity index is 2.92. The van der Waals surface area contributed by atoms with Crippen LogP contribution in [-0.2, 0) is 9.53 Å². The molecule has 0 aliphatic carbocycles.